The van der Waals surface area contributed by atoms with Gasteiger partial charge in [-0.3, -0.25) is 0 Å². The van der Waals surface area contributed by atoms with Gasteiger partial charge in [-0.2, -0.15) is 22.7 Å². The number of hydrogen-bond donors (Lipinski definition) is 1. The Bertz CT molecular complexity index is 406. The van der Waals surface area contributed by atoms with Crippen LogP contribution < -0.4 is 5.32 Å². The van der Waals surface area contributed by atoms with E-state index >= 15 is 0 Å². The first-order chi connectivity index (χ1) is 8.88. The van der Waals surface area contributed by atoms with Gasteiger partial charge in [-0.05, 0) is 77.0 Å². The fourth-order valence-electron chi connectivity index (χ4n) is 2.09. The van der Waals surface area contributed by atoms with Crippen molar-refractivity contribution in [3.05, 3.63) is 44.8 Å². The predicted octanol–water partition coefficient (Wildman–Crippen LogP) is 4.35. The van der Waals surface area contributed by atoms with Crippen molar-refractivity contribution in [2.45, 2.75) is 38.6 Å². The van der Waals surface area contributed by atoms with Gasteiger partial charge in [-0.1, -0.05) is 6.92 Å². The molecule has 1 nitrogen and oxygen atoms in total. The van der Waals surface area contributed by atoms with Gasteiger partial charge in [-0.25, -0.2) is 0 Å². The zero-order chi connectivity index (χ0) is 12.6. The Morgan fingerprint density at radius 1 is 1.11 bits per heavy atom. The summed E-state index contributed by atoms with van der Waals surface area (Å²) in [5.74, 6) is 0. The van der Waals surface area contributed by atoms with Crippen molar-refractivity contribution in [1.29, 1.82) is 0 Å². The summed E-state index contributed by atoms with van der Waals surface area (Å²) in [5, 5.41) is 12.6. The van der Waals surface area contributed by atoms with E-state index in [2.05, 4.69) is 45.9 Å². The summed E-state index contributed by atoms with van der Waals surface area (Å²) in [5.41, 5.74) is 2.95. The molecule has 98 valence electrons. The fourth-order valence-corrected chi connectivity index (χ4v) is 3.48. The van der Waals surface area contributed by atoms with Crippen LogP contribution in [-0.2, 0) is 12.8 Å². The number of nitrogens with one attached hydrogen (secondary N) is 1. The molecule has 0 bridgehead atoms. The molecule has 0 aromatic carbocycles. The Balaban J connectivity index is 1.84. The summed E-state index contributed by atoms with van der Waals surface area (Å²) in [6.45, 7) is 3.35. The molecule has 0 aliphatic carbocycles. The van der Waals surface area contributed by atoms with Crippen LogP contribution in [0.2, 0.25) is 0 Å². The second-order valence-corrected chi connectivity index (χ2v) is 6.22. The molecule has 2 aromatic rings. The highest BCUT2D eigenvalue weighted by Crippen LogP contribution is 2.14. The van der Waals surface area contributed by atoms with Gasteiger partial charge < -0.3 is 5.32 Å². The normalized spacial score (nSPS) is 12.7. The van der Waals surface area contributed by atoms with E-state index in [9.17, 15) is 0 Å². The highest BCUT2D eigenvalue weighted by molar-refractivity contribution is 7.08. The van der Waals surface area contributed by atoms with Crippen molar-refractivity contribution < 1.29 is 0 Å². The molecular weight excluding hydrogens is 258 g/mol. The van der Waals surface area contributed by atoms with Gasteiger partial charge in [0.25, 0.3) is 0 Å². The lowest BCUT2D eigenvalue weighted by atomic mass is 10.0. The van der Waals surface area contributed by atoms with Crippen LogP contribution in [0.25, 0.3) is 0 Å². The maximum absolute atomic E-state index is 3.68. The van der Waals surface area contributed by atoms with Gasteiger partial charge in [0.05, 0.1) is 0 Å². The number of rotatable bonds is 8. The molecule has 0 aliphatic heterocycles. The summed E-state index contributed by atoms with van der Waals surface area (Å²) in [4.78, 5) is 0. The van der Waals surface area contributed by atoms with Crippen molar-refractivity contribution in [3.63, 3.8) is 0 Å². The maximum Gasteiger partial charge on any atom is 0.0111 e. The van der Waals surface area contributed by atoms with E-state index in [1.54, 1.807) is 22.7 Å². The molecule has 1 unspecified atom stereocenters. The summed E-state index contributed by atoms with van der Waals surface area (Å²) in [6, 6.07) is 5.10. The second-order valence-electron chi connectivity index (χ2n) is 4.66. The van der Waals surface area contributed by atoms with E-state index < -0.39 is 0 Å². The Hall–Kier alpha value is -0.640. The van der Waals surface area contributed by atoms with E-state index in [0.29, 0.717) is 6.04 Å². The van der Waals surface area contributed by atoms with E-state index in [1.807, 2.05) is 0 Å². The molecule has 18 heavy (non-hydrogen) atoms. The molecule has 2 heterocycles. The van der Waals surface area contributed by atoms with Crippen molar-refractivity contribution in [2.24, 2.45) is 0 Å². The van der Waals surface area contributed by atoms with Crippen LogP contribution in [-0.4, -0.2) is 12.6 Å². The van der Waals surface area contributed by atoms with Crippen LogP contribution in [0.1, 0.15) is 30.9 Å². The molecule has 0 amide bonds. The van der Waals surface area contributed by atoms with E-state index in [4.69, 9.17) is 0 Å². The summed E-state index contributed by atoms with van der Waals surface area (Å²) in [7, 11) is 0. The molecule has 2 rings (SSSR count). The molecule has 1 N–H and O–H groups in total. The first-order valence-electron chi connectivity index (χ1n) is 6.64. The predicted molar refractivity (Wildman–Crippen MR) is 82.7 cm³/mol. The van der Waals surface area contributed by atoms with Gasteiger partial charge in [0.1, 0.15) is 0 Å². The van der Waals surface area contributed by atoms with Gasteiger partial charge in [0.2, 0.25) is 0 Å². The molecule has 0 saturated heterocycles. The number of hydrogen-bond acceptors (Lipinski definition) is 3. The van der Waals surface area contributed by atoms with Crippen LogP contribution >= 0.6 is 22.7 Å². The van der Waals surface area contributed by atoms with Crippen LogP contribution in [0.5, 0.6) is 0 Å². The van der Waals surface area contributed by atoms with Crippen LogP contribution in [0.15, 0.2) is 33.7 Å². The minimum absolute atomic E-state index is 0.611. The fraction of sp³-hybridized carbons (Fsp3) is 0.467. The van der Waals surface area contributed by atoms with Gasteiger partial charge in [0, 0.05) is 6.04 Å². The second kappa shape index (κ2) is 7.72. The molecule has 3 heteroatoms. The Labute approximate surface area is 118 Å². The lowest BCUT2D eigenvalue weighted by Crippen LogP contribution is -2.32. The van der Waals surface area contributed by atoms with Gasteiger partial charge in [-0.15, -0.1) is 0 Å². The maximum atomic E-state index is 3.68. The molecular formula is C15H21NS2. The molecule has 0 spiro atoms. The summed E-state index contributed by atoms with van der Waals surface area (Å²) >= 11 is 3.59. The van der Waals surface area contributed by atoms with Crippen molar-refractivity contribution >= 4 is 22.7 Å². The first kappa shape index (κ1) is 13.8. The quantitative estimate of drug-likeness (QED) is 0.757. The molecule has 0 aliphatic rings. The SMILES string of the molecule is CCCNC(CCc1ccsc1)Cc1ccsc1. The van der Waals surface area contributed by atoms with Crippen molar-refractivity contribution in [1.82, 2.24) is 5.32 Å². The van der Waals surface area contributed by atoms with E-state index in [0.717, 1.165) is 13.0 Å². The lowest BCUT2D eigenvalue weighted by Gasteiger charge is -2.17. The molecule has 2 aromatic heterocycles. The molecule has 0 radical (unpaired) electrons. The first-order valence-corrected chi connectivity index (χ1v) is 8.52. The Morgan fingerprint density at radius 2 is 1.83 bits per heavy atom. The topological polar surface area (TPSA) is 12.0 Å². The summed E-state index contributed by atoms with van der Waals surface area (Å²) < 4.78 is 0. The lowest BCUT2D eigenvalue weighted by molar-refractivity contribution is 0.478. The van der Waals surface area contributed by atoms with Gasteiger partial charge in [0.15, 0.2) is 0 Å². The third-order valence-corrected chi connectivity index (χ3v) is 4.57. The van der Waals surface area contributed by atoms with Crippen LogP contribution in [0.4, 0.5) is 0 Å². The van der Waals surface area contributed by atoms with E-state index in [-0.39, 0.29) is 0 Å². The third-order valence-electron chi connectivity index (χ3n) is 3.11. The molecule has 0 fully saturated rings. The van der Waals surface area contributed by atoms with Crippen LogP contribution in [0.3, 0.4) is 0 Å². The van der Waals surface area contributed by atoms with Crippen LogP contribution in [0, 0.1) is 0 Å². The summed E-state index contributed by atoms with van der Waals surface area (Å²) in [6.07, 6.45) is 4.79. The largest absolute Gasteiger partial charge is 0.314 e. The van der Waals surface area contributed by atoms with Crippen molar-refractivity contribution in [2.75, 3.05) is 6.54 Å². The average molecular weight is 279 g/mol. The highest BCUT2D eigenvalue weighted by atomic mass is 32.1. The number of thiophene rings is 2. The average Bonchev–Trinajstić information content (AvgIpc) is 3.05. The monoisotopic (exact) mass is 279 g/mol. The third kappa shape index (κ3) is 4.56. The standard InChI is InChI=1S/C15H21NS2/c1-2-7-16-15(10-14-6-9-18-12-14)4-3-13-5-8-17-11-13/h5-6,8-9,11-12,15-16H,2-4,7,10H2,1H3. The zero-order valence-corrected chi connectivity index (χ0v) is 12.5. The van der Waals surface area contributed by atoms with E-state index in [1.165, 1.54) is 30.4 Å². The zero-order valence-electron chi connectivity index (χ0n) is 10.9. The Kier molecular flexibility index (Phi) is 5.91. The van der Waals surface area contributed by atoms with Crippen molar-refractivity contribution in [3.8, 4) is 0 Å². The minimum atomic E-state index is 0.611. The Morgan fingerprint density at radius 3 is 2.44 bits per heavy atom. The molecule has 0 saturated carbocycles. The minimum Gasteiger partial charge on any atom is -0.314 e. The number of aryl methyl sites for hydroxylation is 1. The van der Waals surface area contributed by atoms with Gasteiger partial charge >= 0.3 is 0 Å². The smallest absolute Gasteiger partial charge is 0.0111 e. The highest BCUT2D eigenvalue weighted by Gasteiger charge is 2.09. The molecule has 1 atom stereocenters.